The molecule has 0 spiro atoms. The van der Waals surface area contributed by atoms with E-state index in [1.807, 2.05) is 25.1 Å². The highest BCUT2D eigenvalue weighted by molar-refractivity contribution is 7.98. The smallest absolute Gasteiger partial charge is 0.261 e. The Hall–Kier alpha value is -1.96. The van der Waals surface area contributed by atoms with Gasteiger partial charge in [0.05, 0.1) is 16.6 Å². The monoisotopic (exact) mass is 385 g/mol. The molecule has 126 valence electrons. The predicted molar refractivity (Wildman–Crippen MR) is 107 cm³/mol. The quantitative estimate of drug-likeness (QED) is 0.377. The minimum absolute atomic E-state index is 0.00607. The second-order valence-corrected chi connectivity index (χ2v) is 8.30. The molecule has 4 aromatic rings. The molecule has 0 radical (unpaired) electrons. The normalized spacial score (nSPS) is 11.3. The summed E-state index contributed by atoms with van der Waals surface area (Å²) in [5, 5.41) is 8.65. The van der Waals surface area contributed by atoms with Gasteiger partial charge in [0.15, 0.2) is 5.16 Å². The molecule has 0 aliphatic rings. The summed E-state index contributed by atoms with van der Waals surface area (Å²) < 4.78 is 1.62. The molecule has 0 unspecified atom stereocenters. The minimum atomic E-state index is -0.00607. The fourth-order valence-electron chi connectivity index (χ4n) is 2.52. The number of hydrogen-bond donors (Lipinski definition) is 0. The summed E-state index contributed by atoms with van der Waals surface area (Å²) in [7, 11) is 1.78. The van der Waals surface area contributed by atoms with Crippen LogP contribution in [0.5, 0.6) is 0 Å². The third-order valence-corrected chi connectivity index (χ3v) is 6.55. The van der Waals surface area contributed by atoms with Crippen molar-refractivity contribution in [2.75, 3.05) is 0 Å². The van der Waals surface area contributed by atoms with Crippen LogP contribution in [0.4, 0.5) is 0 Å². The Morgan fingerprint density at radius 2 is 2.08 bits per heavy atom. The third kappa shape index (κ3) is 3.27. The average molecular weight is 386 g/mol. The van der Waals surface area contributed by atoms with Gasteiger partial charge in [0.2, 0.25) is 0 Å². The van der Waals surface area contributed by atoms with Gasteiger partial charge in [-0.05, 0) is 30.5 Å². The number of benzene rings is 1. The topological polar surface area (TPSA) is 47.8 Å². The van der Waals surface area contributed by atoms with Crippen molar-refractivity contribution in [2.24, 2.45) is 7.05 Å². The van der Waals surface area contributed by atoms with Gasteiger partial charge in [-0.3, -0.25) is 9.36 Å². The maximum atomic E-state index is 12.6. The van der Waals surface area contributed by atoms with Crippen molar-refractivity contribution in [1.29, 1.82) is 0 Å². The fraction of sp³-hybridized carbons (Fsp3) is 0.167. The standard InChI is InChI=1S/C18H15N3OS3/c1-11-3-4-15-14(7-11)17(22)21(2)18(20-15)25-10-13-9-24-16(19-13)12-5-6-23-8-12/h3-9H,10H2,1-2H3. The van der Waals surface area contributed by atoms with Gasteiger partial charge in [-0.25, -0.2) is 9.97 Å². The summed E-state index contributed by atoms with van der Waals surface area (Å²) in [4.78, 5) is 21.9. The van der Waals surface area contributed by atoms with Crippen LogP contribution in [0, 0.1) is 6.92 Å². The maximum absolute atomic E-state index is 12.6. The second kappa shape index (κ2) is 6.74. The summed E-state index contributed by atoms with van der Waals surface area (Å²) in [5.41, 5.74) is 3.98. The van der Waals surface area contributed by atoms with Gasteiger partial charge in [-0.2, -0.15) is 11.3 Å². The van der Waals surface area contributed by atoms with E-state index in [0.29, 0.717) is 16.3 Å². The Morgan fingerprint density at radius 3 is 2.88 bits per heavy atom. The average Bonchev–Trinajstić information content (AvgIpc) is 3.28. The fourth-order valence-corrected chi connectivity index (χ4v) is 5.03. The van der Waals surface area contributed by atoms with Crippen molar-refractivity contribution in [2.45, 2.75) is 17.8 Å². The maximum Gasteiger partial charge on any atom is 0.261 e. The third-order valence-electron chi connectivity index (χ3n) is 3.86. The molecule has 0 N–H and O–H groups in total. The lowest BCUT2D eigenvalue weighted by Gasteiger charge is -2.08. The lowest BCUT2D eigenvalue weighted by molar-refractivity contribution is 0.726. The highest BCUT2D eigenvalue weighted by Crippen LogP contribution is 2.28. The first-order valence-electron chi connectivity index (χ1n) is 7.69. The molecule has 0 fully saturated rings. The predicted octanol–water partition coefficient (Wildman–Crippen LogP) is 4.72. The zero-order chi connectivity index (χ0) is 17.4. The van der Waals surface area contributed by atoms with Gasteiger partial charge in [-0.15, -0.1) is 11.3 Å². The van der Waals surface area contributed by atoms with Crippen LogP contribution in [-0.4, -0.2) is 14.5 Å². The summed E-state index contributed by atoms with van der Waals surface area (Å²) >= 11 is 4.86. The van der Waals surface area contributed by atoms with Crippen molar-refractivity contribution in [3.05, 3.63) is 62.0 Å². The number of thiazole rings is 1. The molecule has 1 aromatic carbocycles. The van der Waals surface area contributed by atoms with E-state index in [1.165, 1.54) is 0 Å². The lowest BCUT2D eigenvalue weighted by atomic mass is 10.2. The van der Waals surface area contributed by atoms with Crippen molar-refractivity contribution < 1.29 is 0 Å². The van der Waals surface area contributed by atoms with Gasteiger partial charge >= 0.3 is 0 Å². The van der Waals surface area contributed by atoms with Gasteiger partial charge in [-0.1, -0.05) is 23.4 Å². The van der Waals surface area contributed by atoms with E-state index in [0.717, 1.165) is 27.3 Å². The molecule has 0 amide bonds. The highest BCUT2D eigenvalue weighted by Gasteiger charge is 2.11. The Balaban J connectivity index is 1.60. The first-order chi connectivity index (χ1) is 12.1. The number of fused-ring (bicyclic) bond motifs is 1. The van der Waals surface area contributed by atoms with Crippen molar-refractivity contribution in [1.82, 2.24) is 14.5 Å². The SMILES string of the molecule is Cc1ccc2nc(SCc3csc(-c4ccsc4)n3)n(C)c(=O)c2c1. The molecule has 0 atom stereocenters. The first-order valence-corrected chi connectivity index (χ1v) is 10.5. The van der Waals surface area contributed by atoms with Crippen LogP contribution in [0.1, 0.15) is 11.3 Å². The van der Waals surface area contributed by atoms with Crippen LogP contribution < -0.4 is 5.56 Å². The highest BCUT2D eigenvalue weighted by atomic mass is 32.2. The number of thiophene rings is 1. The van der Waals surface area contributed by atoms with Gasteiger partial charge in [0.25, 0.3) is 5.56 Å². The molecule has 0 bridgehead atoms. The van der Waals surface area contributed by atoms with Gasteiger partial charge < -0.3 is 0 Å². The molecular weight excluding hydrogens is 370 g/mol. The van der Waals surface area contributed by atoms with Crippen molar-refractivity contribution in [3.8, 4) is 10.6 Å². The molecule has 3 heterocycles. The number of aromatic nitrogens is 3. The molecule has 0 saturated heterocycles. The van der Waals surface area contributed by atoms with E-state index in [-0.39, 0.29) is 5.56 Å². The molecule has 7 heteroatoms. The van der Waals surface area contributed by atoms with E-state index in [4.69, 9.17) is 0 Å². The van der Waals surface area contributed by atoms with E-state index in [1.54, 1.807) is 46.1 Å². The van der Waals surface area contributed by atoms with Crippen LogP contribution in [0.15, 0.2) is 50.4 Å². The van der Waals surface area contributed by atoms with Gasteiger partial charge in [0.1, 0.15) is 5.01 Å². The zero-order valence-corrected chi connectivity index (χ0v) is 16.2. The number of thioether (sulfide) groups is 1. The number of nitrogens with zero attached hydrogens (tertiary/aromatic N) is 3. The van der Waals surface area contributed by atoms with Crippen LogP contribution >= 0.6 is 34.4 Å². The number of aryl methyl sites for hydroxylation is 1. The molecule has 25 heavy (non-hydrogen) atoms. The number of hydrogen-bond acceptors (Lipinski definition) is 6. The van der Waals surface area contributed by atoms with Gasteiger partial charge in [0, 0.05) is 29.1 Å². The number of rotatable bonds is 4. The lowest BCUT2D eigenvalue weighted by Crippen LogP contribution is -2.20. The largest absolute Gasteiger partial charge is 0.290 e. The first kappa shape index (κ1) is 16.5. The Kier molecular flexibility index (Phi) is 4.45. The molecule has 0 saturated carbocycles. The van der Waals surface area contributed by atoms with Crippen LogP contribution in [0.25, 0.3) is 21.5 Å². The second-order valence-electron chi connectivity index (χ2n) is 5.72. The molecule has 4 nitrogen and oxygen atoms in total. The van der Waals surface area contributed by atoms with E-state index in [2.05, 4.69) is 32.2 Å². The van der Waals surface area contributed by atoms with Crippen LogP contribution in [0.3, 0.4) is 0 Å². The summed E-state index contributed by atoms with van der Waals surface area (Å²) in [6, 6.07) is 7.87. The molecular formula is C18H15N3OS3. The summed E-state index contributed by atoms with van der Waals surface area (Å²) in [5.74, 6) is 0.693. The Morgan fingerprint density at radius 1 is 1.20 bits per heavy atom. The Labute approximate surface area is 157 Å². The minimum Gasteiger partial charge on any atom is -0.290 e. The van der Waals surface area contributed by atoms with E-state index < -0.39 is 0 Å². The molecule has 3 aromatic heterocycles. The molecule has 0 aliphatic carbocycles. The molecule has 4 rings (SSSR count). The molecule has 0 aliphatic heterocycles. The summed E-state index contributed by atoms with van der Waals surface area (Å²) in [6.45, 7) is 1.98. The van der Waals surface area contributed by atoms with E-state index in [9.17, 15) is 4.79 Å². The van der Waals surface area contributed by atoms with Crippen molar-refractivity contribution >= 4 is 45.3 Å². The van der Waals surface area contributed by atoms with Crippen LogP contribution in [-0.2, 0) is 12.8 Å². The van der Waals surface area contributed by atoms with E-state index >= 15 is 0 Å². The van der Waals surface area contributed by atoms with Crippen LogP contribution in [0.2, 0.25) is 0 Å². The van der Waals surface area contributed by atoms with Crippen molar-refractivity contribution in [3.63, 3.8) is 0 Å². The Bertz CT molecular complexity index is 1100. The zero-order valence-electron chi connectivity index (χ0n) is 13.7. The summed E-state index contributed by atoms with van der Waals surface area (Å²) in [6.07, 6.45) is 0.